The van der Waals surface area contributed by atoms with Gasteiger partial charge in [-0.25, -0.2) is 0 Å². The molecule has 0 saturated heterocycles. The molecule has 0 N–H and O–H groups in total. The summed E-state index contributed by atoms with van der Waals surface area (Å²) in [6, 6.07) is 3.58. The third-order valence-corrected chi connectivity index (χ3v) is 4.37. The Morgan fingerprint density at radius 2 is 1.81 bits per heavy atom. The Morgan fingerprint density at radius 3 is 2.24 bits per heavy atom. The summed E-state index contributed by atoms with van der Waals surface area (Å²) in [5.41, 5.74) is -5.47. The molecule has 0 unspecified atom stereocenters. The Kier molecular flexibility index (Phi) is 5.00. The molecule has 0 bridgehead atoms. The first-order valence-electron chi connectivity index (χ1n) is 5.57. The lowest BCUT2D eigenvalue weighted by molar-refractivity contribution is -0.0500. The van der Waals surface area contributed by atoms with E-state index in [0.29, 0.717) is 0 Å². The van der Waals surface area contributed by atoms with Crippen molar-refractivity contribution in [1.29, 1.82) is 0 Å². The highest BCUT2D eigenvalue weighted by Gasteiger charge is 2.48. The predicted molar refractivity (Wildman–Crippen MR) is 71.8 cm³/mol. The fraction of sp³-hybridized carbons (Fsp3) is 0.455. The molecule has 0 atom stereocenters. The molecular formula is C11H14F3O5PS. The van der Waals surface area contributed by atoms with E-state index in [9.17, 15) is 26.2 Å². The van der Waals surface area contributed by atoms with Crippen molar-refractivity contribution >= 4 is 17.3 Å². The quantitative estimate of drug-likeness (QED) is 0.466. The fourth-order valence-corrected chi connectivity index (χ4v) is 3.02. The number of methoxy groups -OCH3 is 1. The van der Waals surface area contributed by atoms with E-state index in [2.05, 4.69) is 4.18 Å². The molecule has 0 fully saturated rings. The first-order valence-corrected chi connectivity index (χ1v) is 9.77. The molecule has 1 aromatic carbocycles. The molecule has 0 aliphatic carbocycles. The van der Waals surface area contributed by atoms with E-state index in [-0.39, 0.29) is 17.5 Å². The van der Waals surface area contributed by atoms with E-state index in [0.717, 1.165) is 6.07 Å². The molecule has 21 heavy (non-hydrogen) atoms. The zero-order valence-electron chi connectivity index (χ0n) is 11.5. The van der Waals surface area contributed by atoms with Crippen molar-refractivity contribution in [3.05, 3.63) is 23.8 Å². The minimum absolute atomic E-state index is 0.0653. The summed E-state index contributed by atoms with van der Waals surface area (Å²) in [6.45, 7) is 2.85. The van der Waals surface area contributed by atoms with Gasteiger partial charge in [0.25, 0.3) is 0 Å². The first kappa shape index (κ1) is 17.8. The molecule has 0 spiro atoms. The van der Waals surface area contributed by atoms with Crippen LogP contribution < -0.4 is 8.92 Å². The lowest BCUT2D eigenvalue weighted by Gasteiger charge is -2.15. The molecule has 0 radical (unpaired) electrons. The van der Waals surface area contributed by atoms with Crippen LogP contribution in [-0.2, 0) is 20.8 Å². The number of ether oxygens (including phenoxy) is 1. The number of benzene rings is 1. The molecule has 0 aliphatic heterocycles. The second-order valence-electron chi connectivity index (χ2n) is 4.69. The Bertz CT molecular complexity index is 663. The zero-order chi connectivity index (χ0) is 16.5. The molecule has 0 amide bonds. The molecule has 0 aromatic heterocycles. The number of halogens is 3. The van der Waals surface area contributed by atoms with Crippen molar-refractivity contribution < 1.29 is 35.1 Å². The third-order valence-electron chi connectivity index (χ3n) is 2.30. The lowest BCUT2D eigenvalue weighted by Crippen LogP contribution is -2.28. The minimum atomic E-state index is -5.78. The molecule has 10 heteroatoms. The van der Waals surface area contributed by atoms with Gasteiger partial charge in [-0.15, -0.1) is 0 Å². The normalized spacial score (nSPS) is 13.0. The van der Waals surface area contributed by atoms with Crippen molar-refractivity contribution in [2.75, 3.05) is 20.4 Å². The van der Waals surface area contributed by atoms with Crippen LogP contribution in [-0.4, -0.2) is 34.4 Å². The van der Waals surface area contributed by atoms with Crippen molar-refractivity contribution in [3.8, 4) is 11.5 Å². The lowest BCUT2D eigenvalue weighted by atomic mass is 10.2. The summed E-state index contributed by atoms with van der Waals surface area (Å²) < 4.78 is 80.0. The maximum atomic E-state index is 12.3. The Hall–Kier alpha value is -1.21. The van der Waals surface area contributed by atoms with Gasteiger partial charge in [0.2, 0.25) is 0 Å². The van der Waals surface area contributed by atoms with Gasteiger partial charge in [-0.2, -0.15) is 21.6 Å². The first-order chi connectivity index (χ1) is 9.36. The van der Waals surface area contributed by atoms with E-state index in [4.69, 9.17) is 4.74 Å². The second kappa shape index (κ2) is 5.88. The highest BCUT2D eigenvalue weighted by molar-refractivity contribution is 7.88. The number of alkyl halides is 3. The fourth-order valence-electron chi connectivity index (χ4n) is 1.46. The van der Waals surface area contributed by atoms with Crippen LogP contribution in [0.5, 0.6) is 11.5 Å². The molecule has 0 aliphatic rings. The molecule has 0 heterocycles. The second-order valence-corrected chi connectivity index (χ2v) is 9.69. The van der Waals surface area contributed by atoms with Gasteiger partial charge < -0.3 is 13.5 Å². The van der Waals surface area contributed by atoms with Crippen LogP contribution >= 0.6 is 7.14 Å². The van der Waals surface area contributed by atoms with Gasteiger partial charge in [0, 0.05) is 11.7 Å². The highest BCUT2D eigenvalue weighted by atomic mass is 32.2. The highest BCUT2D eigenvalue weighted by Crippen LogP contribution is 2.44. The summed E-state index contributed by atoms with van der Waals surface area (Å²) in [6.07, 6.45) is -0.118. The van der Waals surface area contributed by atoms with Gasteiger partial charge in [0.15, 0.2) is 0 Å². The molecule has 5 nitrogen and oxygen atoms in total. The average Bonchev–Trinajstić information content (AvgIpc) is 2.27. The molecule has 0 saturated carbocycles. The van der Waals surface area contributed by atoms with Crippen LogP contribution in [0.2, 0.25) is 0 Å². The minimum Gasteiger partial charge on any atom is -0.497 e. The van der Waals surface area contributed by atoms with E-state index in [1.807, 2.05) is 0 Å². The number of hydrogen-bond acceptors (Lipinski definition) is 5. The maximum Gasteiger partial charge on any atom is 0.534 e. The summed E-state index contributed by atoms with van der Waals surface area (Å²) in [5.74, 6) is -0.229. The largest absolute Gasteiger partial charge is 0.534 e. The van der Waals surface area contributed by atoms with Gasteiger partial charge in [-0.1, -0.05) is 0 Å². The van der Waals surface area contributed by atoms with Crippen molar-refractivity contribution in [1.82, 2.24) is 0 Å². The molecule has 1 aromatic rings. The van der Waals surface area contributed by atoms with Gasteiger partial charge in [0.05, 0.1) is 14.3 Å². The standard InChI is InChI=1S/C11H14F3O5PS/c1-18-9-4-5-10(8(6-9)7-20(2,3)15)19-21(16,17)11(12,13)14/h4-6H,7H2,1-3H3. The van der Waals surface area contributed by atoms with Gasteiger partial charge >= 0.3 is 15.6 Å². The summed E-state index contributed by atoms with van der Waals surface area (Å²) in [7, 11) is -7.10. The zero-order valence-corrected chi connectivity index (χ0v) is 13.2. The van der Waals surface area contributed by atoms with Crippen LogP contribution in [0, 0.1) is 0 Å². The van der Waals surface area contributed by atoms with E-state index in [1.54, 1.807) is 0 Å². The Labute approximate surface area is 120 Å². The molecule has 1 rings (SSSR count). The average molecular weight is 346 g/mol. The smallest absolute Gasteiger partial charge is 0.497 e. The van der Waals surface area contributed by atoms with E-state index >= 15 is 0 Å². The van der Waals surface area contributed by atoms with Crippen molar-refractivity contribution in [3.63, 3.8) is 0 Å². The monoisotopic (exact) mass is 346 g/mol. The predicted octanol–water partition coefficient (Wildman–Crippen LogP) is 3.05. The Morgan fingerprint density at radius 1 is 1.24 bits per heavy atom. The maximum absolute atomic E-state index is 12.3. The Balaban J connectivity index is 3.27. The van der Waals surface area contributed by atoms with E-state index < -0.39 is 28.5 Å². The van der Waals surface area contributed by atoms with Crippen LogP contribution in [0.1, 0.15) is 5.56 Å². The molecule has 120 valence electrons. The summed E-state index contributed by atoms with van der Waals surface area (Å²) in [5, 5.41) is 0. The number of hydrogen-bond donors (Lipinski definition) is 0. The van der Waals surface area contributed by atoms with E-state index in [1.165, 1.54) is 32.6 Å². The topological polar surface area (TPSA) is 69.7 Å². The van der Waals surface area contributed by atoms with Crippen molar-refractivity contribution in [2.45, 2.75) is 11.7 Å². The van der Waals surface area contributed by atoms with Gasteiger partial charge in [-0.3, -0.25) is 0 Å². The molecular weight excluding hydrogens is 332 g/mol. The summed E-state index contributed by atoms with van der Waals surface area (Å²) >= 11 is 0. The third kappa shape index (κ3) is 4.93. The summed E-state index contributed by atoms with van der Waals surface area (Å²) in [4.78, 5) is 0. The van der Waals surface area contributed by atoms with Crippen LogP contribution in [0.15, 0.2) is 18.2 Å². The van der Waals surface area contributed by atoms with Crippen molar-refractivity contribution in [2.24, 2.45) is 0 Å². The van der Waals surface area contributed by atoms with Gasteiger partial charge in [-0.05, 0) is 31.5 Å². The van der Waals surface area contributed by atoms with Crippen LogP contribution in [0.3, 0.4) is 0 Å². The SMILES string of the molecule is COc1ccc(OS(=O)(=O)C(F)(F)F)c(CP(C)(C)=O)c1. The van der Waals surface area contributed by atoms with Crippen LogP contribution in [0.4, 0.5) is 13.2 Å². The van der Waals surface area contributed by atoms with Gasteiger partial charge in [0.1, 0.15) is 11.5 Å². The van der Waals surface area contributed by atoms with Crippen LogP contribution in [0.25, 0.3) is 0 Å². The number of rotatable bonds is 5.